The average Bonchev–Trinajstić information content (AvgIpc) is 2.82. The number of esters is 1. The standard InChI is InChI=1S/C25H29N3O7/c1-17(2)16-35-22-10-8-20(9-11-22)24(30)27-23(25(31)26-12-5-13-34-18(3)29)15-19-6-4-7-21(14-19)28(32)33/h4,6-11,14-15,17H,5,12-13,16H2,1-3H3,(H,26,31)(H,27,30). The third kappa shape index (κ3) is 9.66. The molecule has 2 aromatic rings. The molecule has 35 heavy (non-hydrogen) atoms. The van der Waals surface area contributed by atoms with E-state index in [9.17, 15) is 24.5 Å². The minimum absolute atomic E-state index is 0.0943. The molecule has 0 saturated heterocycles. The van der Waals surface area contributed by atoms with E-state index in [1.807, 2.05) is 13.8 Å². The molecule has 2 N–H and O–H groups in total. The highest BCUT2D eigenvalue weighted by Crippen LogP contribution is 2.17. The first kappa shape index (κ1) is 27.0. The summed E-state index contributed by atoms with van der Waals surface area (Å²) in [6.07, 6.45) is 1.73. The fourth-order valence-corrected chi connectivity index (χ4v) is 2.80. The smallest absolute Gasteiger partial charge is 0.302 e. The molecule has 10 nitrogen and oxygen atoms in total. The minimum atomic E-state index is -0.593. The van der Waals surface area contributed by atoms with E-state index in [0.717, 1.165) is 0 Å². The predicted octanol–water partition coefficient (Wildman–Crippen LogP) is 3.47. The van der Waals surface area contributed by atoms with Crippen molar-refractivity contribution in [3.63, 3.8) is 0 Å². The monoisotopic (exact) mass is 483 g/mol. The van der Waals surface area contributed by atoms with Gasteiger partial charge in [-0.2, -0.15) is 0 Å². The van der Waals surface area contributed by atoms with Crippen molar-refractivity contribution in [2.24, 2.45) is 5.92 Å². The molecular weight excluding hydrogens is 454 g/mol. The van der Waals surface area contributed by atoms with Crippen LogP contribution in [0, 0.1) is 16.0 Å². The van der Waals surface area contributed by atoms with Gasteiger partial charge in [0.2, 0.25) is 0 Å². The molecule has 0 saturated carbocycles. The van der Waals surface area contributed by atoms with Crippen molar-refractivity contribution in [1.82, 2.24) is 10.6 Å². The molecule has 0 unspecified atom stereocenters. The average molecular weight is 484 g/mol. The van der Waals surface area contributed by atoms with Crippen LogP contribution in [0.2, 0.25) is 0 Å². The number of carbonyl (C=O) groups is 3. The number of hydrogen-bond donors (Lipinski definition) is 2. The lowest BCUT2D eigenvalue weighted by atomic mass is 10.1. The Morgan fingerprint density at radius 1 is 1.11 bits per heavy atom. The summed E-state index contributed by atoms with van der Waals surface area (Å²) >= 11 is 0. The van der Waals surface area contributed by atoms with Gasteiger partial charge in [0.25, 0.3) is 17.5 Å². The van der Waals surface area contributed by atoms with Crippen molar-refractivity contribution in [3.05, 3.63) is 75.5 Å². The van der Waals surface area contributed by atoms with E-state index in [2.05, 4.69) is 10.6 Å². The number of nitrogens with one attached hydrogen (secondary N) is 2. The van der Waals surface area contributed by atoms with Gasteiger partial charge in [0.15, 0.2) is 0 Å². The number of ether oxygens (including phenoxy) is 2. The minimum Gasteiger partial charge on any atom is -0.493 e. The van der Waals surface area contributed by atoms with Crippen molar-refractivity contribution >= 4 is 29.5 Å². The van der Waals surface area contributed by atoms with Gasteiger partial charge >= 0.3 is 5.97 Å². The normalized spacial score (nSPS) is 11.0. The summed E-state index contributed by atoms with van der Waals surface area (Å²) < 4.78 is 10.4. The van der Waals surface area contributed by atoms with Crippen LogP contribution in [0.3, 0.4) is 0 Å². The largest absolute Gasteiger partial charge is 0.493 e. The summed E-state index contributed by atoms with van der Waals surface area (Å²) in [6, 6.07) is 12.2. The molecule has 10 heteroatoms. The molecule has 0 heterocycles. The highest BCUT2D eigenvalue weighted by molar-refractivity contribution is 6.05. The van der Waals surface area contributed by atoms with Crippen LogP contribution in [0.25, 0.3) is 6.08 Å². The van der Waals surface area contributed by atoms with E-state index in [4.69, 9.17) is 9.47 Å². The van der Waals surface area contributed by atoms with E-state index in [1.165, 1.54) is 31.2 Å². The maximum Gasteiger partial charge on any atom is 0.302 e. The Kier molecular flexibility index (Phi) is 10.4. The summed E-state index contributed by atoms with van der Waals surface area (Å²) in [6.45, 7) is 6.21. The molecule has 0 aromatic heterocycles. The Morgan fingerprint density at radius 3 is 2.46 bits per heavy atom. The number of nitro groups is 1. The number of benzene rings is 2. The first-order valence-electron chi connectivity index (χ1n) is 11.1. The lowest BCUT2D eigenvalue weighted by Gasteiger charge is -2.12. The van der Waals surface area contributed by atoms with Crippen molar-refractivity contribution in [2.75, 3.05) is 19.8 Å². The van der Waals surface area contributed by atoms with Crippen molar-refractivity contribution in [1.29, 1.82) is 0 Å². The van der Waals surface area contributed by atoms with Gasteiger partial charge < -0.3 is 20.1 Å². The molecule has 186 valence electrons. The summed E-state index contributed by atoms with van der Waals surface area (Å²) in [5.74, 6) is -0.577. The molecule has 0 atom stereocenters. The molecule has 0 aliphatic carbocycles. The third-order valence-corrected chi connectivity index (χ3v) is 4.50. The lowest BCUT2D eigenvalue weighted by Crippen LogP contribution is -2.35. The molecule has 0 aliphatic rings. The molecule has 2 aromatic carbocycles. The summed E-state index contributed by atoms with van der Waals surface area (Å²) in [7, 11) is 0. The molecule has 0 fully saturated rings. The topological polar surface area (TPSA) is 137 Å². The van der Waals surface area contributed by atoms with Gasteiger partial charge in [0.1, 0.15) is 11.4 Å². The molecule has 0 bridgehead atoms. The van der Waals surface area contributed by atoms with Crippen molar-refractivity contribution < 1.29 is 28.8 Å². The molecule has 2 rings (SSSR count). The summed E-state index contributed by atoms with van der Waals surface area (Å²) in [5, 5.41) is 16.3. The molecule has 0 spiro atoms. The van der Waals surface area contributed by atoms with Gasteiger partial charge in [0, 0.05) is 31.2 Å². The molecule has 0 radical (unpaired) electrons. The van der Waals surface area contributed by atoms with Crippen LogP contribution in [-0.4, -0.2) is 42.5 Å². The van der Waals surface area contributed by atoms with Gasteiger partial charge in [-0.15, -0.1) is 0 Å². The van der Waals surface area contributed by atoms with Crippen LogP contribution in [0.15, 0.2) is 54.2 Å². The van der Waals surface area contributed by atoms with Crippen molar-refractivity contribution in [3.8, 4) is 5.75 Å². The zero-order valence-corrected chi connectivity index (χ0v) is 19.9. The van der Waals surface area contributed by atoms with Crippen molar-refractivity contribution in [2.45, 2.75) is 27.2 Å². The van der Waals surface area contributed by atoms with Gasteiger partial charge in [-0.3, -0.25) is 24.5 Å². The molecule has 0 aliphatic heterocycles. The third-order valence-electron chi connectivity index (χ3n) is 4.50. The quantitative estimate of drug-likeness (QED) is 0.155. The van der Waals surface area contributed by atoms with Crippen LogP contribution in [0.1, 0.15) is 43.1 Å². The van der Waals surface area contributed by atoms with Crippen LogP contribution in [0.4, 0.5) is 5.69 Å². The van der Waals surface area contributed by atoms with Crippen LogP contribution >= 0.6 is 0 Å². The van der Waals surface area contributed by atoms with Crippen LogP contribution < -0.4 is 15.4 Å². The first-order valence-corrected chi connectivity index (χ1v) is 11.1. The number of amides is 2. The van der Waals surface area contributed by atoms with E-state index in [1.54, 1.807) is 30.3 Å². The number of non-ortho nitro benzene ring substituents is 1. The Balaban J connectivity index is 2.17. The van der Waals surface area contributed by atoms with Gasteiger partial charge in [-0.1, -0.05) is 26.0 Å². The Hall–Kier alpha value is -4.21. The fourth-order valence-electron chi connectivity index (χ4n) is 2.80. The van der Waals surface area contributed by atoms with Crippen LogP contribution in [-0.2, 0) is 14.3 Å². The Labute approximate surface area is 203 Å². The SMILES string of the molecule is CC(=O)OCCCNC(=O)C(=Cc1cccc([N+](=O)[O-])c1)NC(=O)c1ccc(OCC(C)C)cc1. The highest BCUT2D eigenvalue weighted by atomic mass is 16.6. The van der Waals surface area contributed by atoms with E-state index >= 15 is 0 Å². The maximum absolute atomic E-state index is 12.8. The van der Waals surface area contributed by atoms with E-state index in [-0.39, 0.29) is 24.5 Å². The predicted molar refractivity (Wildman–Crippen MR) is 130 cm³/mol. The maximum atomic E-state index is 12.8. The summed E-state index contributed by atoms with van der Waals surface area (Å²) in [5.41, 5.74) is 0.419. The summed E-state index contributed by atoms with van der Waals surface area (Å²) in [4.78, 5) is 47.0. The van der Waals surface area contributed by atoms with Gasteiger partial charge in [-0.25, -0.2) is 0 Å². The second kappa shape index (κ2) is 13.5. The number of rotatable bonds is 12. The first-order chi connectivity index (χ1) is 16.7. The molecule has 2 amide bonds. The van der Waals surface area contributed by atoms with E-state index < -0.39 is 22.7 Å². The van der Waals surface area contributed by atoms with Crippen LogP contribution in [0.5, 0.6) is 5.75 Å². The number of nitro benzene ring substituents is 1. The molecular formula is C25H29N3O7. The van der Waals surface area contributed by atoms with Gasteiger partial charge in [0.05, 0.1) is 18.1 Å². The second-order valence-electron chi connectivity index (χ2n) is 8.04. The zero-order chi connectivity index (χ0) is 25.8. The highest BCUT2D eigenvalue weighted by Gasteiger charge is 2.16. The second-order valence-corrected chi connectivity index (χ2v) is 8.04. The lowest BCUT2D eigenvalue weighted by molar-refractivity contribution is -0.384. The fraction of sp³-hybridized carbons (Fsp3) is 0.320. The Bertz CT molecular complexity index is 1080. The zero-order valence-electron chi connectivity index (χ0n) is 19.9. The number of nitrogens with zero attached hydrogens (tertiary/aromatic N) is 1. The number of carbonyl (C=O) groups excluding carboxylic acids is 3. The van der Waals surface area contributed by atoms with E-state index in [0.29, 0.717) is 35.8 Å². The van der Waals surface area contributed by atoms with Gasteiger partial charge in [-0.05, 0) is 48.2 Å². The number of hydrogen-bond acceptors (Lipinski definition) is 7. The Morgan fingerprint density at radius 2 is 1.83 bits per heavy atom.